The van der Waals surface area contributed by atoms with E-state index in [-0.39, 0.29) is 5.75 Å². The first-order valence-electron chi connectivity index (χ1n) is 6.63. The predicted molar refractivity (Wildman–Crippen MR) is 91.2 cm³/mol. The van der Waals surface area contributed by atoms with Gasteiger partial charge < -0.3 is 14.7 Å². The molecule has 1 N–H and O–H groups in total. The summed E-state index contributed by atoms with van der Waals surface area (Å²) < 4.78 is 11.4. The molecule has 0 radical (unpaired) electrons. The third kappa shape index (κ3) is 4.96. The minimum Gasteiger partial charge on any atom is -0.493 e. The molecule has 0 amide bonds. The quantitative estimate of drug-likeness (QED) is 0.215. The maximum Gasteiger partial charge on any atom is 0.336 e. The average molecular weight is 376 g/mol. The molecule has 0 saturated heterocycles. The molecule has 0 aliphatic heterocycles. The topological polar surface area (TPSA) is 68.1 Å². The number of carbonyl (C=O) groups excluding carboxylic acids is 1. The Morgan fingerprint density at radius 2 is 1.83 bits per heavy atom. The predicted octanol–water partition coefficient (Wildman–Crippen LogP) is 3.88. The zero-order valence-electron chi connectivity index (χ0n) is 12.3. The standard InChI is InChI=1S/C17H14BrNO4/c1-22-16-10-13(11-19-21)4-8-15(16)23-17(20)9-5-12-2-6-14(18)7-3-12/h2-11,21H,1H3/b9-5?,19-11+. The number of hydrogen-bond donors (Lipinski definition) is 1. The number of esters is 1. The molecule has 0 unspecified atom stereocenters. The van der Waals surface area contributed by atoms with E-state index in [4.69, 9.17) is 14.7 Å². The van der Waals surface area contributed by atoms with Crippen LogP contribution in [0.2, 0.25) is 0 Å². The number of oxime groups is 1. The summed E-state index contributed by atoms with van der Waals surface area (Å²) in [6.07, 6.45) is 4.25. The van der Waals surface area contributed by atoms with Crippen LogP contribution in [0.3, 0.4) is 0 Å². The average Bonchev–Trinajstić information content (AvgIpc) is 2.56. The van der Waals surface area contributed by atoms with Crippen LogP contribution < -0.4 is 9.47 Å². The Kier molecular flexibility index (Phi) is 5.94. The van der Waals surface area contributed by atoms with E-state index in [9.17, 15) is 4.79 Å². The maximum absolute atomic E-state index is 11.9. The highest BCUT2D eigenvalue weighted by atomic mass is 79.9. The summed E-state index contributed by atoms with van der Waals surface area (Å²) in [5, 5.41) is 11.5. The van der Waals surface area contributed by atoms with Gasteiger partial charge in [0, 0.05) is 16.1 Å². The Morgan fingerprint density at radius 3 is 2.48 bits per heavy atom. The lowest BCUT2D eigenvalue weighted by Crippen LogP contribution is -2.05. The highest BCUT2D eigenvalue weighted by Crippen LogP contribution is 2.27. The molecule has 2 rings (SSSR count). The first-order chi connectivity index (χ1) is 11.1. The van der Waals surface area contributed by atoms with Crippen LogP contribution in [0.4, 0.5) is 0 Å². The lowest BCUT2D eigenvalue weighted by Gasteiger charge is -2.08. The molecule has 0 aromatic heterocycles. The van der Waals surface area contributed by atoms with Gasteiger partial charge in [-0.05, 0) is 42.0 Å². The van der Waals surface area contributed by atoms with E-state index < -0.39 is 5.97 Å². The first kappa shape index (κ1) is 16.8. The molecule has 118 valence electrons. The second-order valence-electron chi connectivity index (χ2n) is 4.46. The second-order valence-corrected chi connectivity index (χ2v) is 5.38. The van der Waals surface area contributed by atoms with Gasteiger partial charge in [-0.15, -0.1) is 0 Å². The lowest BCUT2D eigenvalue weighted by molar-refractivity contribution is -0.129. The molecule has 0 heterocycles. The van der Waals surface area contributed by atoms with E-state index in [1.54, 1.807) is 24.3 Å². The molecule has 2 aromatic carbocycles. The van der Waals surface area contributed by atoms with Gasteiger partial charge in [0.1, 0.15) is 0 Å². The summed E-state index contributed by atoms with van der Waals surface area (Å²) >= 11 is 3.35. The van der Waals surface area contributed by atoms with Crippen molar-refractivity contribution in [1.82, 2.24) is 0 Å². The first-order valence-corrected chi connectivity index (χ1v) is 7.42. The van der Waals surface area contributed by atoms with Crippen molar-refractivity contribution in [2.24, 2.45) is 5.16 Å². The van der Waals surface area contributed by atoms with E-state index in [1.165, 1.54) is 19.4 Å². The van der Waals surface area contributed by atoms with Crippen LogP contribution in [0.5, 0.6) is 11.5 Å². The molecular formula is C17H14BrNO4. The van der Waals surface area contributed by atoms with Crippen molar-refractivity contribution in [3.05, 3.63) is 64.1 Å². The Bertz CT molecular complexity index is 739. The molecule has 0 aliphatic carbocycles. The van der Waals surface area contributed by atoms with Crippen LogP contribution in [-0.4, -0.2) is 24.5 Å². The molecule has 2 aromatic rings. The molecule has 6 heteroatoms. The summed E-state index contributed by atoms with van der Waals surface area (Å²) in [6.45, 7) is 0. The van der Waals surface area contributed by atoms with Crippen LogP contribution in [0.15, 0.2) is 58.2 Å². The van der Waals surface area contributed by atoms with Crippen molar-refractivity contribution in [2.75, 3.05) is 7.11 Å². The van der Waals surface area contributed by atoms with Crippen LogP contribution >= 0.6 is 15.9 Å². The van der Waals surface area contributed by atoms with Gasteiger partial charge in [0.15, 0.2) is 11.5 Å². The number of rotatable bonds is 5. The van der Waals surface area contributed by atoms with Crippen LogP contribution in [0.1, 0.15) is 11.1 Å². The highest BCUT2D eigenvalue weighted by Gasteiger charge is 2.08. The van der Waals surface area contributed by atoms with E-state index in [0.29, 0.717) is 11.3 Å². The van der Waals surface area contributed by atoms with Gasteiger partial charge in [0.2, 0.25) is 0 Å². The van der Waals surface area contributed by atoms with Gasteiger partial charge >= 0.3 is 5.97 Å². The molecule has 0 saturated carbocycles. The highest BCUT2D eigenvalue weighted by molar-refractivity contribution is 9.10. The third-order valence-corrected chi connectivity index (χ3v) is 3.42. The largest absolute Gasteiger partial charge is 0.493 e. The van der Waals surface area contributed by atoms with Crippen molar-refractivity contribution in [2.45, 2.75) is 0 Å². The summed E-state index contributed by atoms with van der Waals surface area (Å²) in [6, 6.07) is 12.3. The Labute approximate surface area is 142 Å². The minimum absolute atomic E-state index is 0.285. The second kappa shape index (κ2) is 8.14. The zero-order chi connectivity index (χ0) is 16.7. The van der Waals surface area contributed by atoms with Crippen molar-refractivity contribution in [3.63, 3.8) is 0 Å². The van der Waals surface area contributed by atoms with E-state index in [0.717, 1.165) is 10.0 Å². The minimum atomic E-state index is -0.519. The number of hydrogen-bond acceptors (Lipinski definition) is 5. The van der Waals surface area contributed by atoms with E-state index in [2.05, 4.69) is 21.1 Å². The fourth-order valence-electron chi connectivity index (χ4n) is 1.80. The molecule has 0 spiro atoms. The van der Waals surface area contributed by atoms with Gasteiger partial charge in [-0.3, -0.25) is 0 Å². The molecule has 5 nitrogen and oxygen atoms in total. The number of methoxy groups -OCH3 is 1. The van der Waals surface area contributed by atoms with Crippen molar-refractivity contribution >= 4 is 34.2 Å². The summed E-state index contributed by atoms with van der Waals surface area (Å²) in [4.78, 5) is 11.9. The van der Waals surface area contributed by atoms with Crippen molar-refractivity contribution in [3.8, 4) is 11.5 Å². The smallest absolute Gasteiger partial charge is 0.336 e. The monoisotopic (exact) mass is 375 g/mol. The van der Waals surface area contributed by atoms with Gasteiger partial charge in [-0.1, -0.05) is 33.2 Å². The SMILES string of the molecule is COc1cc(/C=N/O)ccc1OC(=O)C=Cc1ccc(Br)cc1. The molecular weight excluding hydrogens is 362 g/mol. The molecule has 23 heavy (non-hydrogen) atoms. The molecule has 0 atom stereocenters. The fraction of sp³-hybridized carbons (Fsp3) is 0.0588. The lowest BCUT2D eigenvalue weighted by atomic mass is 10.2. The van der Waals surface area contributed by atoms with Crippen LogP contribution in [0, 0.1) is 0 Å². The molecule has 0 bridgehead atoms. The van der Waals surface area contributed by atoms with Gasteiger partial charge in [0.05, 0.1) is 13.3 Å². The molecule has 0 fully saturated rings. The molecule has 0 aliphatic rings. The van der Waals surface area contributed by atoms with Crippen LogP contribution in [0.25, 0.3) is 6.08 Å². The zero-order valence-corrected chi connectivity index (χ0v) is 13.9. The normalized spacial score (nSPS) is 11.0. The van der Waals surface area contributed by atoms with Gasteiger partial charge in [0.25, 0.3) is 0 Å². The Balaban J connectivity index is 2.09. The van der Waals surface area contributed by atoms with Crippen molar-refractivity contribution < 1.29 is 19.5 Å². The number of ether oxygens (including phenoxy) is 2. The van der Waals surface area contributed by atoms with Gasteiger partial charge in [-0.2, -0.15) is 0 Å². The summed E-state index contributed by atoms with van der Waals surface area (Å²) in [5.41, 5.74) is 1.50. The number of halogens is 1. The van der Waals surface area contributed by atoms with Crippen molar-refractivity contribution in [1.29, 1.82) is 0 Å². The van der Waals surface area contributed by atoms with Crippen LogP contribution in [-0.2, 0) is 4.79 Å². The summed E-state index contributed by atoms with van der Waals surface area (Å²) in [5.74, 6) is 0.135. The summed E-state index contributed by atoms with van der Waals surface area (Å²) in [7, 11) is 1.46. The van der Waals surface area contributed by atoms with E-state index in [1.807, 2.05) is 24.3 Å². The van der Waals surface area contributed by atoms with Gasteiger partial charge in [-0.25, -0.2) is 4.79 Å². The number of nitrogens with zero attached hydrogens (tertiary/aromatic N) is 1. The fourth-order valence-corrected chi connectivity index (χ4v) is 2.06. The third-order valence-electron chi connectivity index (χ3n) is 2.89. The van der Waals surface area contributed by atoms with E-state index >= 15 is 0 Å². The number of carbonyl (C=O) groups is 1. The Morgan fingerprint density at radius 1 is 1.13 bits per heavy atom. The number of benzene rings is 2. The maximum atomic E-state index is 11.9. The Hall–Kier alpha value is -2.60.